The van der Waals surface area contributed by atoms with Gasteiger partial charge in [0.15, 0.2) is 0 Å². The van der Waals surface area contributed by atoms with Crippen LogP contribution in [0.1, 0.15) is 41.6 Å². The van der Waals surface area contributed by atoms with Crippen LogP contribution in [-0.4, -0.2) is 47.9 Å². The van der Waals surface area contributed by atoms with Gasteiger partial charge in [0.05, 0.1) is 17.8 Å². The molecule has 2 heterocycles. The lowest BCUT2D eigenvalue weighted by Crippen LogP contribution is -2.35. The number of rotatable bonds is 6. The first-order valence-corrected chi connectivity index (χ1v) is 12.0. The van der Waals surface area contributed by atoms with Crippen LogP contribution in [0.3, 0.4) is 0 Å². The minimum atomic E-state index is -0.200. The molecule has 1 atom stereocenters. The van der Waals surface area contributed by atoms with Crippen molar-refractivity contribution in [2.24, 2.45) is 0 Å². The molecule has 0 bridgehead atoms. The summed E-state index contributed by atoms with van der Waals surface area (Å²) in [5.74, 6) is 0.604. The standard InChI is InChI=1S/C27H29ClN4O2/c1-2-24(20-8-4-3-5-9-20)26(33)30-23-12-13-25(29-19-23)31-14-7-15-32(17-16-31)27(34)21-10-6-11-22(28)18-21/h3-6,8-13,18-19,24H,2,7,14-17H2,1H3,(H,30,33). The number of aromatic nitrogens is 1. The molecule has 1 aromatic heterocycles. The van der Waals surface area contributed by atoms with Crippen LogP contribution in [0.2, 0.25) is 5.02 Å². The van der Waals surface area contributed by atoms with E-state index < -0.39 is 0 Å². The third kappa shape index (κ3) is 5.75. The Morgan fingerprint density at radius 2 is 1.82 bits per heavy atom. The molecule has 6 nitrogen and oxygen atoms in total. The van der Waals surface area contributed by atoms with Gasteiger partial charge < -0.3 is 15.1 Å². The lowest BCUT2D eigenvalue weighted by Gasteiger charge is -2.23. The highest BCUT2D eigenvalue weighted by Crippen LogP contribution is 2.23. The van der Waals surface area contributed by atoms with Crippen LogP contribution in [-0.2, 0) is 4.79 Å². The number of anilines is 2. The van der Waals surface area contributed by atoms with Gasteiger partial charge >= 0.3 is 0 Å². The van der Waals surface area contributed by atoms with E-state index in [4.69, 9.17) is 11.6 Å². The number of hydrogen-bond donors (Lipinski definition) is 1. The number of pyridine rings is 1. The number of halogens is 1. The lowest BCUT2D eigenvalue weighted by atomic mass is 9.95. The first-order chi connectivity index (χ1) is 16.5. The van der Waals surface area contributed by atoms with Crippen LogP contribution in [0, 0.1) is 0 Å². The average Bonchev–Trinajstić information content (AvgIpc) is 3.12. The minimum absolute atomic E-state index is 0.000682. The van der Waals surface area contributed by atoms with Crippen LogP contribution < -0.4 is 10.2 Å². The van der Waals surface area contributed by atoms with E-state index in [-0.39, 0.29) is 17.7 Å². The van der Waals surface area contributed by atoms with Crippen LogP contribution in [0.4, 0.5) is 11.5 Å². The smallest absolute Gasteiger partial charge is 0.253 e. The van der Waals surface area contributed by atoms with E-state index in [2.05, 4.69) is 15.2 Å². The van der Waals surface area contributed by atoms with Crippen molar-refractivity contribution in [2.75, 3.05) is 36.4 Å². The van der Waals surface area contributed by atoms with Crippen molar-refractivity contribution < 1.29 is 9.59 Å². The zero-order valence-electron chi connectivity index (χ0n) is 19.3. The highest BCUT2D eigenvalue weighted by Gasteiger charge is 2.22. The van der Waals surface area contributed by atoms with Crippen molar-refractivity contribution in [3.8, 4) is 0 Å². The Kier molecular flexibility index (Phi) is 7.80. The Morgan fingerprint density at radius 1 is 1.00 bits per heavy atom. The maximum absolute atomic E-state index is 12.9. The molecule has 1 fully saturated rings. The highest BCUT2D eigenvalue weighted by atomic mass is 35.5. The Hall–Kier alpha value is -3.38. The molecule has 34 heavy (non-hydrogen) atoms. The molecule has 7 heteroatoms. The van der Waals surface area contributed by atoms with E-state index >= 15 is 0 Å². The number of carbonyl (C=O) groups is 2. The minimum Gasteiger partial charge on any atom is -0.355 e. The number of hydrogen-bond acceptors (Lipinski definition) is 4. The van der Waals surface area contributed by atoms with Gasteiger partial charge in [0.2, 0.25) is 5.91 Å². The molecular weight excluding hydrogens is 448 g/mol. The van der Waals surface area contributed by atoms with Crippen molar-refractivity contribution in [3.63, 3.8) is 0 Å². The third-order valence-electron chi connectivity index (χ3n) is 6.12. The number of nitrogens with one attached hydrogen (secondary N) is 1. The Balaban J connectivity index is 1.36. The molecule has 1 N–H and O–H groups in total. The number of amides is 2. The zero-order chi connectivity index (χ0) is 23.9. The summed E-state index contributed by atoms with van der Waals surface area (Å²) in [6, 6.07) is 20.7. The first kappa shape index (κ1) is 23.8. The molecule has 1 aliphatic rings. The second-order valence-corrected chi connectivity index (χ2v) is 8.85. The largest absolute Gasteiger partial charge is 0.355 e. The molecule has 1 aliphatic heterocycles. The molecule has 1 unspecified atom stereocenters. The predicted molar refractivity (Wildman–Crippen MR) is 137 cm³/mol. The molecule has 0 saturated carbocycles. The van der Waals surface area contributed by atoms with Crippen molar-refractivity contribution in [3.05, 3.63) is 89.1 Å². The molecule has 0 radical (unpaired) electrons. The summed E-state index contributed by atoms with van der Waals surface area (Å²) in [6.07, 6.45) is 3.27. The van der Waals surface area contributed by atoms with Crippen LogP contribution in [0.5, 0.6) is 0 Å². The van der Waals surface area contributed by atoms with E-state index in [0.717, 1.165) is 30.8 Å². The van der Waals surface area contributed by atoms with Gasteiger partial charge in [-0.05, 0) is 48.7 Å². The SMILES string of the molecule is CCC(C(=O)Nc1ccc(N2CCCN(C(=O)c3cccc(Cl)c3)CC2)nc1)c1ccccc1. The van der Waals surface area contributed by atoms with Gasteiger partial charge in [-0.3, -0.25) is 9.59 Å². The monoisotopic (exact) mass is 476 g/mol. The number of nitrogens with zero attached hydrogens (tertiary/aromatic N) is 3. The van der Waals surface area contributed by atoms with E-state index in [1.54, 1.807) is 30.5 Å². The highest BCUT2D eigenvalue weighted by molar-refractivity contribution is 6.30. The van der Waals surface area contributed by atoms with E-state index in [0.29, 0.717) is 35.9 Å². The topological polar surface area (TPSA) is 65.5 Å². The average molecular weight is 477 g/mol. The first-order valence-electron chi connectivity index (χ1n) is 11.7. The van der Waals surface area contributed by atoms with Gasteiger partial charge in [0.1, 0.15) is 5.82 Å². The molecule has 2 amide bonds. The molecule has 3 aromatic rings. The Labute approximate surface area is 205 Å². The molecule has 1 saturated heterocycles. The van der Waals surface area contributed by atoms with Gasteiger partial charge in [-0.25, -0.2) is 4.98 Å². The van der Waals surface area contributed by atoms with Crippen molar-refractivity contribution in [2.45, 2.75) is 25.7 Å². The summed E-state index contributed by atoms with van der Waals surface area (Å²) in [5.41, 5.74) is 2.30. The molecule has 176 valence electrons. The summed E-state index contributed by atoms with van der Waals surface area (Å²) < 4.78 is 0. The zero-order valence-corrected chi connectivity index (χ0v) is 20.0. The third-order valence-corrected chi connectivity index (χ3v) is 6.36. The predicted octanol–water partition coefficient (Wildman–Crippen LogP) is 5.22. The van der Waals surface area contributed by atoms with Crippen LogP contribution in [0.15, 0.2) is 72.9 Å². The van der Waals surface area contributed by atoms with Gasteiger partial charge in [-0.2, -0.15) is 0 Å². The van der Waals surface area contributed by atoms with Crippen molar-refractivity contribution in [1.82, 2.24) is 9.88 Å². The summed E-state index contributed by atoms with van der Waals surface area (Å²) in [7, 11) is 0. The van der Waals surface area contributed by atoms with E-state index in [1.807, 2.05) is 54.3 Å². The quantitative estimate of drug-likeness (QED) is 0.529. The molecule has 2 aromatic carbocycles. The van der Waals surface area contributed by atoms with E-state index in [9.17, 15) is 9.59 Å². The van der Waals surface area contributed by atoms with Gasteiger partial charge in [-0.15, -0.1) is 0 Å². The summed E-state index contributed by atoms with van der Waals surface area (Å²) >= 11 is 6.05. The maximum atomic E-state index is 12.9. The van der Waals surface area contributed by atoms with Crippen molar-refractivity contribution in [1.29, 1.82) is 0 Å². The summed E-state index contributed by atoms with van der Waals surface area (Å²) in [5, 5.41) is 3.56. The van der Waals surface area contributed by atoms with Crippen molar-refractivity contribution >= 4 is 34.9 Å². The lowest BCUT2D eigenvalue weighted by molar-refractivity contribution is -0.117. The second kappa shape index (κ2) is 11.2. The van der Waals surface area contributed by atoms with Gasteiger partial charge in [0, 0.05) is 36.8 Å². The molecule has 4 rings (SSSR count). The second-order valence-electron chi connectivity index (χ2n) is 8.41. The summed E-state index contributed by atoms with van der Waals surface area (Å²) in [6.45, 7) is 4.81. The fraction of sp³-hybridized carbons (Fsp3) is 0.296. The molecule has 0 spiro atoms. The fourth-order valence-corrected chi connectivity index (χ4v) is 4.48. The normalized spacial score (nSPS) is 14.9. The molecule has 0 aliphatic carbocycles. The summed E-state index contributed by atoms with van der Waals surface area (Å²) in [4.78, 5) is 34.3. The van der Waals surface area contributed by atoms with E-state index in [1.165, 1.54) is 0 Å². The number of benzene rings is 2. The Bertz CT molecular complexity index is 1120. The number of carbonyl (C=O) groups excluding carboxylic acids is 2. The van der Waals surface area contributed by atoms with Crippen LogP contribution in [0.25, 0.3) is 0 Å². The maximum Gasteiger partial charge on any atom is 0.253 e. The Morgan fingerprint density at radius 3 is 2.53 bits per heavy atom. The van der Waals surface area contributed by atoms with Gasteiger partial charge in [0.25, 0.3) is 5.91 Å². The fourth-order valence-electron chi connectivity index (χ4n) is 4.29. The molecular formula is C27H29ClN4O2. The van der Waals surface area contributed by atoms with Gasteiger partial charge in [-0.1, -0.05) is 54.9 Å². The van der Waals surface area contributed by atoms with Crippen LogP contribution >= 0.6 is 11.6 Å².